The Morgan fingerprint density at radius 1 is 1.10 bits per heavy atom. The summed E-state index contributed by atoms with van der Waals surface area (Å²) in [5.74, 6) is -1.97. The van der Waals surface area contributed by atoms with Crippen LogP contribution in [0.2, 0.25) is 0 Å². The number of carbonyl (C=O) groups is 2. The molecule has 3 N–H and O–H groups in total. The van der Waals surface area contributed by atoms with Gasteiger partial charge in [0.25, 0.3) is 5.91 Å². The molecule has 1 aromatic carbocycles. The number of carbonyl (C=O) groups excluding carboxylic acids is 2. The van der Waals surface area contributed by atoms with Crippen LogP contribution in [0.3, 0.4) is 0 Å². The first-order valence-corrected chi connectivity index (χ1v) is 9.24. The average Bonchev–Trinajstić information content (AvgIpc) is 2.64. The van der Waals surface area contributed by atoms with E-state index >= 15 is 0 Å². The fraction of sp³-hybridized carbons (Fsp3) is 0.188. The number of hydrogen-bond acceptors (Lipinski definition) is 7. The van der Waals surface area contributed by atoms with E-state index in [9.17, 15) is 31.2 Å². The third kappa shape index (κ3) is 7.38. The van der Waals surface area contributed by atoms with Crippen molar-refractivity contribution in [2.45, 2.75) is 11.1 Å². The number of primary sulfonamides is 1. The first kappa shape index (κ1) is 22.1. The fourth-order valence-electron chi connectivity index (χ4n) is 1.88. The van der Waals surface area contributed by atoms with Crippen molar-refractivity contribution in [3.63, 3.8) is 0 Å². The summed E-state index contributed by atoms with van der Waals surface area (Å²) in [6.07, 6.45) is -3.58. The van der Waals surface area contributed by atoms with E-state index in [4.69, 9.17) is 9.88 Å². The second kappa shape index (κ2) is 8.87. The summed E-state index contributed by atoms with van der Waals surface area (Å²) in [7, 11) is -3.87. The molecule has 156 valence electrons. The third-order valence-corrected chi connectivity index (χ3v) is 4.09. The molecule has 0 aliphatic carbocycles. The lowest BCUT2D eigenvalue weighted by molar-refractivity contribution is -0.154. The van der Waals surface area contributed by atoms with Crippen LogP contribution in [0.4, 0.5) is 18.9 Å². The number of hydrogen-bond donors (Lipinski definition) is 2. The Morgan fingerprint density at radius 3 is 2.28 bits per heavy atom. The van der Waals surface area contributed by atoms with Crippen LogP contribution in [0.15, 0.2) is 47.5 Å². The van der Waals surface area contributed by atoms with Gasteiger partial charge in [0.2, 0.25) is 15.9 Å². The van der Waals surface area contributed by atoms with Gasteiger partial charge >= 0.3 is 12.1 Å². The average molecular weight is 433 g/mol. The minimum atomic E-state index is -4.52. The maximum Gasteiger partial charge on any atom is 0.422 e. The number of aromatic nitrogens is 1. The lowest BCUT2D eigenvalue weighted by Crippen LogP contribution is -2.21. The number of nitrogens with one attached hydrogen (secondary N) is 1. The smallest absolute Gasteiger partial charge is 0.422 e. The van der Waals surface area contributed by atoms with Gasteiger partial charge in [0, 0.05) is 18.0 Å². The van der Waals surface area contributed by atoms with E-state index < -0.39 is 41.3 Å². The minimum absolute atomic E-state index is 0.102. The highest BCUT2D eigenvalue weighted by atomic mass is 32.2. The Bertz CT molecular complexity index is 976. The zero-order valence-corrected chi connectivity index (χ0v) is 15.3. The van der Waals surface area contributed by atoms with Crippen molar-refractivity contribution in [2.75, 3.05) is 18.5 Å². The molecule has 1 aromatic heterocycles. The molecule has 9 nitrogen and oxygen atoms in total. The van der Waals surface area contributed by atoms with Crippen molar-refractivity contribution in [3.05, 3.63) is 48.2 Å². The molecule has 0 saturated carbocycles. The molecular weight excluding hydrogens is 419 g/mol. The van der Waals surface area contributed by atoms with Crippen molar-refractivity contribution in [3.8, 4) is 5.88 Å². The van der Waals surface area contributed by atoms with E-state index in [1.54, 1.807) is 0 Å². The van der Waals surface area contributed by atoms with E-state index in [-0.39, 0.29) is 22.0 Å². The van der Waals surface area contributed by atoms with Crippen LogP contribution in [-0.4, -0.2) is 44.7 Å². The Morgan fingerprint density at radius 2 is 1.76 bits per heavy atom. The molecule has 0 radical (unpaired) electrons. The van der Waals surface area contributed by atoms with Gasteiger partial charge in [-0.1, -0.05) is 0 Å². The number of alkyl halides is 3. The van der Waals surface area contributed by atoms with E-state index in [1.807, 2.05) is 0 Å². The van der Waals surface area contributed by atoms with Crippen molar-refractivity contribution in [1.82, 2.24) is 4.98 Å². The molecule has 0 aliphatic heterocycles. The van der Waals surface area contributed by atoms with Crippen LogP contribution in [0.5, 0.6) is 5.88 Å². The second-order valence-corrected chi connectivity index (χ2v) is 7.04. The van der Waals surface area contributed by atoms with Crippen molar-refractivity contribution in [1.29, 1.82) is 0 Å². The van der Waals surface area contributed by atoms with Gasteiger partial charge in [-0.25, -0.2) is 23.3 Å². The molecule has 13 heteroatoms. The normalized spacial score (nSPS) is 11.6. The summed E-state index contributed by atoms with van der Waals surface area (Å²) < 4.78 is 67.6. The largest absolute Gasteiger partial charge is 0.468 e. The van der Waals surface area contributed by atoms with Gasteiger partial charge in [0.05, 0.1) is 10.5 Å². The van der Waals surface area contributed by atoms with Crippen molar-refractivity contribution >= 4 is 27.6 Å². The number of pyridine rings is 1. The monoisotopic (exact) mass is 433 g/mol. The standard InChI is InChI=1S/C16H14F3N3O6S/c17-16(18,19)9-28-14-6-1-10(7-21-14)15(24)27-8-13(23)22-11-2-4-12(5-3-11)29(20,25)26/h1-7H,8-9H2,(H,22,23)(H2,20,25,26). The molecule has 2 rings (SSSR count). The number of halogens is 3. The quantitative estimate of drug-likeness (QED) is 0.631. The number of sulfonamides is 1. The van der Waals surface area contributed by atoms with Crippen LogP contribution in [0.1, 0.15) is 10.4 Å². The number of amides is 1. The highest BCUT2D eigenvalue weighted by Gasteiger charge is 2.28. The summed E-state index contributed by atoms with van der Waals surface area (Å²) in [6.45, 7) is -2.19. The van der Waals surface area contributed by atoms with Crippen LogP contribution in [-0.2, 0) is 19.6 Å². The Labute approximate surface area is 162 Å². The molecule has 0 aliphatic rings. The number of nitrogens with zero attached hydrogens (tertiary/aromatic N) is 1. The van der Waals surface area contributed by atoms with Crippen LogP contribution >= 0.6 is 0 Å². The van der Waals surface area contributed by atoms with Crippen LogP contribution in [0.25, 0.3) is 0 Å². The molecule has 29 heavy (non-hydrogen) atoms. The van der Waals surface area contributed by atoms with Gasteiger partial charge in [-0.2, -0.15) is 13.2 Å². The zero-order chi connectivity index (χ0) is 21.7. The summed E-state index contributed by atoms with van der Waals surface area (Å²) in [6, 6.07) is 7.14. The van der Waals surface area contributed by atoms with Gasteiger partial charge in [-0.05, 0) is 30.3 Å². The maximum atomic E-state index is 12.1. The molecule has 1 heterocycles. The van der Waals surface area contributed by atoms with Gasteiger partial charge in [0.1, 0.15) is 0 Å². The number of ether oxygens (including phenoxy) is 2. The molecule has 0 saturated heterocycles. The predicted molar refractivity (Wildman–Crippen MR) is 92.5 cm³/mol. The topological polar surface area (TPSA) is 138 Å². The molecule has 0 bridgehead atoms. The van der Waals surface area contributed by atoms with Gasteiger partial charge in [-0.15, -0.1) is 0 Å². The van der Waals surface area contributed by atoms with E-state index in [1.165, 1.54) is 24.3 Å². The number of esters is 1. The number of benzene rings is 1. The molecule has 0 unspecified atom stereocenters. The SMILES string of the molecule is NS(=O)(=O)c1ccc(NC(=O)COC(=O)c2ccc(OCC(F)(F)F)nc2)cc1. The predicted octanol–water partition coefficient (Wildman–Crippen LogP) is 1.47. The molecule has 2 aromatic rings. The van der Waals surface area contributed by atoms with Gasteiger partial charge in [-0.3, -0.25) is 4.79 Å². The highest BCUT2D eigenvalue weighted by Crippen LogP contribution is 2.17. The summed E-state index contributed by atoms with van der Waals surface area (Å²) >= 11 is 0. The van der Waals surface area contributed by atoms with Crippen LogP contribution in [0, 0.1) is 0 Å². The van der Waals surface area contributed by atoms with Crippen molar-refractivity contribution < 1.29 is 40.7 Å². The third-order valence-electron chi connectivity index (χ3n) is 3.16. The van der Waals surface area contributed by atoms with E-state index in [2.05, 4.69) is 15.0 Å². The lowest BCUT2D eigenvalue weighted by atomic mass is 10.3. The molecule has 1 amide bonds. The lowest BCUT2D eigenvalue weighted by Gasteiger charge is -2.09. The molecule has 0 atom stereocenters. The fourth-order valence-corrected chi connectivity index (χ4v) is 2.40. The first-order valence-electron chi connectivity index (χ1n) is 7.69. The summed E-state index contributed by atoms with van der Waals surface area (Å²) in [4.78, 5) is 27.0. The van der Waals surface area contributed by atoms with Gasteiger partial charge < -0.3 is 14.8 Å². The zero-order valence-electron chi connectivity index (χ0n) is 14.5. The highest BCUT2D eigenvalue weighted by molar-refractivity contribution is 7.89. The Balaban J connectivity index is 1.84. The van der Waals surface area contributed by atoms with Gasteiger partial charge in [0.15, 0.2) is 13.2 Å². The number of nitrogens with two attached hydrogens (primary N) is 1. The maximum absolute atomic E-state index is 12.1. The minimum Gasteiger partial charge on any atom is -0.468 e. The number of anilines is 1. The Kier molecular flexibility index (Phi) is 6.76. The van der Waals surface area contributed by atoms with Crippen LogP contribution < -0.4 is 15.2 Å². The van der Waals surface area contributed by atoms with E-state index in [0.717, 1.165) is 18.3 Å². The van der Waals surface area contributed by atoms with Crippen molar-refractivity contribution in [2.24, 2.45) is 5.14 Å². The molecule has 0 fully saturated rings. The summed E-state index contributed by atoms with van der Waals surface area (Å²) in [5.41, 5.74) is 0.140. The first-order chi connectivity index (χ1) is 13.4. The summed E-state index contributed by atoms with van der Waals surface area (Å²) in [5, 5.41) is 7.33. The molecule has 0 spiro atoms. The number of rotatable bonds is 7. The van der Waals surface area contributed by atoms with E-state index in [0.29, 0.717) is 0 Å². The Hall–Kier alpha value is -3.19. The second-order valence-electron chi connectivity index (χ2n) is 5.48. The molecular formula is C16H14F3N3O6S.